The van der Waals surface area contributed by atoms with Crippen LogP contribution in [0.5, 0.6) is 0 Å². The van der Waals surface area contributed by atoms with Gasteiger partial charge in [-0.25, -0.2) is 15.0 Å². The van der Waals surface area contributed by atoms with Gasteiger partial charge in [-0.2, -0.15) is 0 Å². The molecule has 2 fully saturated rings. The molecule has 4 heterocycles. The van der Waals surface area contributed by atoms with Crippen LogP contribution in [0.25, 0.3) is 33.3 Å². The molecule has 0 bridgehead atoms. The minimum Gasteiger partial charge on any atom is -0.436 e. The molecular weight excluding hydrogens is 444 g/mol. The number of hydrogen-bond donors (Lipinski definition) is 2. The van der Waals surface area contributed by atoms with Crippen molar-refractivity contribution in [3.63, 3.8) is 0 Å². The van der Waals surface area contributed by atoms with E-state index in [1.807, 2.05) is 19.2 Å². The molecule has 1 aromatic carbocycles. The molecule has 180 valence electrons. The first-order chi connectivity index (χ1) is 17.0. The molecule has 0 radical (unpaired) electrons. The largest absolute Gasteiger partial charge is 0.436 e. The monoisotopic (exact) mass is 472 g/mol. The maximum absolute atomic E-state index is 12.5. The normalized spacial score (nSPS) is 21.9. The van der Waals surface area contributed by atoms with Crippen LogP contribution in [0.2, 0.25) is 0 Å². The van der Waals surface area contributed by atoms with Crippen molar-refractivity contribution in [1.29, 1.82) is 0 Å². The minimum atomic E-state index is 0.0145. The Bertz CT molecular complexity index is 1430. The highest BCUT2D eigenvalue weighted by molar-refractivity contribution is 6.03. The fourth-order valence-corrected chi connectivity index (χ4v) is 4.76. The van der Waals surface area contributed by atoms with Crippen LogP contribution < -0.4 is 15.5 Å². The average molecular weight is 473 g/mol. The standard InChI is InChI=1S/C26H28N6O3/c1-14-8-17(14)25(33)31-23-10-18-19(11-28-23)24(27-3)29-12-20(18)26-30-21-9-16(4-5-22(21)35-26)32-6-7-34-15(2)13-32/h4-5,9-12,14-15,17H,6-8,13H2,1-3H3,(H,27,29)(H,28,31,33)/t14-,15+,17+/m1/s1. The van der Waals surface area contributed by atoms with Gasteiger partial charge in [0, 0.05) is 54.9 Å². The predicted molar refractivity (Wildman–Crippen MR) is 136 cm³/mol. The number of carbonyl (C=O) groups excluding carboxylic acids is 1. The lowest BCUT2D eigenvalue weighted by Crippen LogP contribution is -2.41. The lowest BCUT2D eigenvalue weighted by Gasteiger charge is -2.32. The van der Waals surface area contributed by atoms with Crippen LogP contribution in [0.1, 0.15) is 20.3 Å². The van der Waals surface area contributed by atoms with Crippen molar-refractivity contribution in [3.8, 4) is 11.5 Å². The quantitative estimate of drug-likeness (QED) is 0.443. The van der Waals surface area contributed by atoms with E-state index in [-0.39, 0.29) is 17.9 Å². The number of benzene rings is 1. The van der Waals surface area contributed by atoms with Crippen LogP contribution in [-0.2, 0) is 9.53 Å². The van der Waals surface area contributed by atoms with E-state index in [0.29, 0.717) is 35.6 Å². The van der Waals surface area contributed by atoms with Crippen molar-refractivity contribution in [2.24, 2.45) is 11.8 Å². The Labute approximate surface area is 202 Å². The van der Waals surface area contributed by atoms with E-state index in [1.54, 1.807) is 12.4 Å². The molecule has 6 rings (SSSR count). The van der Waals surface area contributed by atoms with Crippen LogP contribution in [0.3, 0.4) is 0 Å². The molecule has 1 saturated heterocycles. The summed E-state index contributed by atoms with van der Waals surface area (Å²) in [4.78, 5) is 28.6. The van der Waals surface area contributed by atoms with Crippen LogP contribution in [-0.4, -0.2) is 53.7 Å². The van der Waals surface area contributed by atoms with Gasteiger partial charge in [-0.3, -0.25) is 4.79 Å². The highest BCUT2D eigenvalue weighted by atomic mass is 16.5. The van der Waals surface area contributed by atoms with E-state index < -0.39 is 0 Å². The Hall–Kier alpha value is -3.72. The second kappa shape index (κ2) is 8.49. The molecule has 1 amide bonds. The molecule has 3 aromatic heterocycles. The van der Waals surface area contributed by atoms with Gasteiger partial charge in [0.05, 0.1) is 18.3 Å². The molecule has 0 spiro atoms. The number of nitrogens with zero attached hydrogens (tertiary/aromatic N) is 4. The van der Waals surface area contributed by atoms with Gasteiger partial charge in [-0.1, -0.05) is 6.92 Å². The van der Waals surface area contributed by atoms with E-state index in [4.69, 9.17) is 14.1 Å². The third kappa shape index (κ3) is 4.05. The summed E-state index contributed by atoms with van der Waals surface area (Å²) < 4.78 is 11.8. The summed E-state index contributed by atoms with van der Waals surface area (Å²) >= 11 is 0. The number of amides is 1. The number of nitrogens with one attached hydrogen (secondary N) is 2. The summed E-state index contributed by atoms with van der Waals surface area (Å²) in [5.41, 5.74) is 3.34. The van der Waals surface area contributed by atoms with E-state index in [1.165, 1.54) is 0 Å². The Balaban J connectivity index is 1.39. The Morgan fingerprint density at radius 2 is 2.00 bits per heavy atom. The summed E-state index contributed by atoms with van der Waals surface area (Å²) in [6, 6.07) is 7.95. The summed E-state index contributed by atoms with van der Waals surface area (Å²) in [5, 5.41) is 7.75. The average Bonchev–Trinajstić information content (AvgIpc) is 3.45. The van der Waals surface area contributed by atoms with Gasteiger partial charge in [-0.05, 0) is 43.5 Å². The maximum Gasteiger partial charge on any atom is 0.229 e. The molecule has 2 N–H and O–H groups in total. The van der Waals surface area contributed by atoms with Crippen molar-refractivity contribution < 1.29 is 13.9 Å². The topological polar surface area (TPSA) is 105 Å². The zero-order valence-electron chi connectivity index (χ0n) is 20.0. The first-order valence-electron chi connectivity index (χ1n) is 12.0. The van der Waals surface area contributed by atoms with Crippen molar-refractivity contribution in [2.75, 3.05) is 42.3 Å². The fourth-order valence-electron chi connectivity index (χ4n) is 4.76. The summed E-state index contributed by atoms with van der Waals surface area (Å²) in [5.74, 6) is 2.20. The predicted octanol–water partition coefficient (Wildman–Crippen LogP) is 4.30. The number of aromatic nitrogens is 3. The molecular formula is C26H28N6O3. The van der Waals surface area contributed by atoms with Gasteiger partial charge in [0.25, 0.3) is 0 Å². The number of hydrogen-bond acceptors (Lipinski definition) is 8. The molecule has 1 aliphatic carbocycles. The van der Waals surface area contributed by atoms with Crippen LogP contribution >= 0.6 is 0 Å². The van der Waals surface area contributed by atoms with Crippen molar-refractivity contribution >= 4 is 45.1 Å². The SMILES string of the molecule is CNc1ncc(-c2nc3cc(N4CCO[C@@H](C)C4)ccc3o2)c2cc(NC(=O)[C@H]3C[C@H]3C)ncc12. The lowest BCUT2D eigenvalue weighted by atomic mass is 10.1. The van der Waals surface area contributed by atoms with Crippen LogP contribution in [0, 0.1) is 11.8 Å². The fraction of sp³-hybridized carbons (Fsp3) is 0.385. The van der Waals surface area contributed by atoms with Crippen molar-refractivity contribution in [2.45, 2.75) is 26.4 Å². The van der Waals surface area contributed by atoms with E-state index >= 15 is 0 Å². The van der Waals surface area contributed by atoms with Crippen LogP contribution in [0.4, 0.5) is 17.3 Å². The second-order valence-electron chi connectivity index (χ2n) is 9.49. The molecule has 0 unspecified atom stereocenters. The first kappa shape index (κ1) is 21.8. The third-order valence-corrected chi connectivity index (χ3v) is 6.91. The van der Waals surface area contributed by atoms with Gasteiger partial charge >= 0.3 is 0 Å². The number of oxazole rings is 1. The summed E-state index contributed by atoms with van der Waals surface area (Å²) in [6.45, 7) is 6.58. The number of anilines is 3. The second-order valence-corrected chi connectivity index (χ2v) is 9.49. The molecule has 9 nitrogen and oxygen atoms in total. The maximum atomic E-state index is 12.5. The van der Waals surface area contributed by atoms with Gasteiger partial charge in [0.1, 0.15) is 17.2 Å². The van der Waals surface area contributed by atoms with Gasteiger partial charge in [0.2, 0.25) is 11.8 Å². The van der Waals surface area contributed by atoms with Gasteiger partial charge in [0.15, 0.2) is 5.58 Å². The molecule has 4 aromatic rings. The van der Waals surface area contributed by atoms with Crippen LogP contribution in [0.15, 0.2) is 41.1 Å². The molecule has 3 atom stereocenters. The Morgan fingerprint density at radius 3 is 2.77 bits per heavy atom. The summed E-state index contributed by atoms with van der Waals surface area (Å²) in [6.07, 6.45) is 4.59. The smallest absolute Gasteiger partial charge is 0.229 e. The number of rotatable bonds is 5. The highest BCUT2D eigenvalue weighted by Crippen LogP contribution is 2.39. The third-order valence-electron chi connectivity index (χ3n) is 6.91. The van der Waals surface area contributed by atoms with Crippen molar-refractivity contribution in [3.05, 3.63) is 36.7 Å². The number of fused-ring (bicyclic) bond motifs is 2. The lowest BCUT2D eigenvalue weighted by molar-refractivity contribution is -0.117. The zero-order valence-corrected chi connectivity index (χ0v) is 20.0. The molecule has 35 heavy (non-hydrogen) atoms. The van der Waals surface area contributed by atoms with E-state index in [0.717, 1.165) is 47.1 Å². The Kier molecular flexibility index (Phi) is 5.29. The number of pyridine rings is 2. The number of carbonyl (C=O) groups is 1. The van der Waals surface area contributed by atoms with Crippen molar-refractivity contribution in [1.82, 2.24) is 15.0 Å². The minimum absolute atomic E-state index is 0.0145. The molecule has 2 aliphatic rings. The number of ether oxygens (including phenoxy) is 1. The zero-order chi connectivity index (χ0) is 24.1. The van der Waals surface area contributed by atoms with Gasteiger partial charge in [-0.15, -0.1) is 0 Å². The molecule has 1 aliphatic heterocycles. The molecule has 9 heteroatoms. The number of morpholine rings is 1. The highest BCUT2D eigenvalue weighted by Gasteiger charge is 2.39. The van der Waals surface area contributed by atoms with E-state index in [9.17, 15) is 4.79 Å². The summed E-state index contributed by atoms with van der Waals surface area (Å²) in [7, 11) is 1.82. The van der Waals surface area contributed by atoms with E-state index in [2.05, 4.69) is 51.5 Å². The first-order valence-corrected chi connectivity index (χ1v) is 12.0. The molecule has 1 saturated carbocycles. The Morgan fingerprint density at radius 1 is 1.14 bits per heavy atom. The van der Waals surface area contributed by atoms with Gasteiger partial charge < -0.3 is 24.7 Å².